The second kappa shape index (κ2) is 9.43. The standard InChI is InChI=1S/C28H26Cl2N4O4/c1-27(7-8-27)38-25-22-24(31-16-32-25)34(15-17-3-2-4-18(29)13-17)23(33-22)20-6-5-19(14-21(20)30)37-12-11-28(9-10-28)26(35)36/h2-6,13-14,16H,7-12,15H2,1H3,(H,35,36). The fourth-order valence-electron chi connectivity index (χ4n) is 4.53. The van der Waals surface area contributed by atoms with Crippen LogP contribution in [-0.2, 0) is 11.3 Å². The van der Waals surface area contributed by atoms with Crippen LogP contribution in [0.15, 0.2) is 48.8 Å². The number of aliphatic carboxylic acids is 1. The number of imidazole rings is 1. The summed E-state index contributed by atoms with van der Waals surface area (Å²) in [6.07, 6.45) is 5.29. The van der Waals surface area contributed by atoms with Crippen molar-refractivity contribution in [3.8, 4) is 23.0 Å². The Hall–Kier alpha value is -3.36. The van der Waals surface area contributed by atoms with Crippen molar-refractivity contribution in [3.63, 3.8) is 0 Å². The third-order valence-corrected chi connectivity index (χ3v) is 7.91. The summed E-state index contributed by atoms with van der Waals surface area (Å²) in [7, 11) is 0. The molecule has 196 valence electrons. The highest BCUT2D eigenvalue weighted by atomic mass is 35.5. The van der Waals surface area contributed by atoms with Gasteiger partial charge < -0.3 is 19.1 Å². The van der Waals surface area contributed by atoms with Crippen molar-refractivity contribution >= 4 is 40.3 Å². The van der Waals surface area contributed by atoms with Crippen molar-refractivity contribution in [2.75, 3.05) is 6.61 Å². The fraction of sp³-hybridized carbons (Fsp3) is 0.357. The van der Waals surface area contributed by atoms with Gasteiger partial charge in [-0.15, -0.1) is 0 Å². The summed E-state index contributed by atoms with van der Waals surface area (Å²) >= 11 is 13.0. The summed E-state index contributed by atoms with van der Waals surface area (Å²) in [4.78, 5) is 25.3. The molecular formula is C28H26Cl2N4O4. The molecule has 2 fully saturated rings. The Kier molecular flexibility index (Phi) is 6.19. The monoisotopic (exact) mass is 552 g/mol. The first-order valence-electron chi connectivity index (χ1n) is 12.6. The molecule has 0 aliphatic heterocycles. The third-order valence-electron chi connectivity index (χ3n) is 7.36. The number of aromatic nitrogens is 4. The van der Waals surface area contributed by atoms with Crippen LogP contribution in [-0.4, -0.2) is 42.8 Å². The van der Waals surface area contributed by atoms with E-state index >= 15 is 0 Å². The maximum Gasteiger partial charge on any atom is 0.309 e. The van der Waals surface area contributed by atoms with Gasteiger partial charge in [0.25, 0.3) is 0 Å². The molecular weight excluding hydrogens is 527 g/mol. The lowest BCUT2D eigenvalue weighted by Gasteiger charge is -2.13. The lowest BCUT2D eigenvalue weighted by atomic mass is 10.0. The van der Waals surface area contributed by atoms with Gasteiger partial charge in [0.1, 0.15) is 23.5 Å². The van der Waals surface area contributed by atoms with E-state index in [0.717, 1.165) is 18.4 Å². The molecule has 2 aromatic carbocycles. The number of halogens is 2. The number of fused-ring (bicyclic) bond motifs is 1. The molecule has 0 bridgehead atoms. The number of nitrogens with zero attached hydrogens (tertiary/aromatic N) is 4. The van der Waals surface area contributed by atoms with Crippen LogP contribution in [0.4, 0.5) is 0 Å². The first-order chi connectivity index (χ1) is 18.3. The maximum atomic E-state index is 11.4. The topological polar surface area (TPSA) is 99.4 Å². The summed E-state index contributed by atoms with van der Waals surface area (Å²) in [5.74, 6) is 0.883. The largest absolute Gasteiger partial charge is 0.494 e. The van der Waals surface area contributed by atoms with E-state index in [-0.39, 0.29) is 5.60 Å². The van der Waals surface area contributed by atoms with Gasteiger partial charge in [-0.3, -0.25) is 4.79 Å². The Balaban J connectivity index is 1.35. The molecule has 0 spiro atoms. The van der Waals surface area contributed by atoms with Gasteiger partial charge in [-0.05, 0) is 74.9 Å². The van der Waals surface area contributed by atoms with Crippen molar-refractivity contribution in [3.05, 3.63) is 64.4 Å². The molecule has 2 heterocycles. The van der Waals surface area contributed by atoms with E-state index < -0.39 is 11.4 Å². The van der Waals surface area contributed by atoms with Gasteiger partial charge in [-0.1, -0.05) is 35.3 Å². The smallest absolute Gasteiger partial charge is 0.309 e. The van der Waals surface area contributed by atoms with Gasteiger partial charge in [-0.25, -0.2) is 9.97 Å². The van der Waals surface area contributed by atoms with Crippen LogP contribution in [0, 0.1) is 5.41 Å². The van der Waals surface area contributed by atoms with Crippen molar-refractivity contribution in [2.45, 2.75) is 51.2 Å². The lowest BCUT2D eigenvalue weighted by molar-refractivity contribution is -0.143. The number of hydrogen-bond donors (Lipinski definition) is 1. The summed E-state index contributed by atoms with van der Waals surface area (Å²) in [6, 6.07) is 13.0. The van der Waals surface area contributed by atoms with Gasteiger partial charge in [0, 0.05) is 10.6 Å². The average Bonchev–Trinajstić information content (AvgIpc) is 3.79. The molecule has 1 N–H and O–H groups in total. The van der Waals surface area contributed by atoms with Crippen LogP contribution in [0.5, 0.6) is 11.6 Å². The molecule has 0 atom stereocenters. The van der Waals surface area contributed by atoms with Gasteiger partial charge >= 0.3 is 5.97 Å². The van der Waals surface area contributed by atoms with Crippen molar-refractivity contribution in [1.82, 2.24) is 19.5 Å². The van der Waals surface area contributed by atoms with Gasteiger partial charge in [0.05, 0.1) is 23.6 Å². The van der Waals surface area contributed by atoms with Crippen LogP contribution in [0.1, 0.15) is 44.6 Å². The van der Waals surface area contributed by atoms with Crippen LogP contribution >= 0.6 is 23.2 Å². The molecule has 2 saturated carbocycles. The van der Waals surface area contributed by atoms with Crippen LogP contribution in [0.25, 0.3) is 22.6 Å². The highest BCUT2D eigenvalue weighted by Gasteiger charge is 2.49. The van der Waals surface area contributed by atoms with Crippen molar-refractivity contribution in [1.29, 1.82) is 0 Å². The fourth-order valence-corrected chi connectivity index (χ4v) is 5.00. The molecule has 8 nitrogen and oxygen atoms in total. The zero-order valence-corrected chi connectivity index (χ0v) is 22.3. The van der Waals surface area contributed by atoms with E-state index in [1.807, 2.05) is 41.0 Å². The Labute approximate surface area is 229 Å². The predicted molar refractivity (Wildman–Crippen MR) is 144 cm³/mol. The van der Waals surface area contributed by atoms with Crippen LogP contribution in [0.2, 0.25) is 10.0 Å². The second-order valence-corrected chi connectivity index (χ2v) is 11.2. The van der Waals surface area contributed by atoms with Gasteiger partial charge in [-0.2, -0.15) is 4.98 Å². The number of carboxylic acid groups (broad SMARTS) is 1. The van der Waals surface area contributed by atoms with Crippen molar-refractivity contribution < 1.29 is 19.4 Å². The minimum Gasteiger partial charge on any atom is -0.494 e. The average molecular weight is 553 g/mol. The molecule has 6 rings (SSSR count). The Morgan fingerprint density at radius 2 is 1.92 bits per heavy atom. The normalized spacial score (nSPS) is 16.8. The second-order valence-electron chi connectivity index (χ2n) is 10.4. The highest BCUT2D eigenvalue weighted by Crippen LogP contribution is 2.49. The van der Waals surface area contributed by atoms with E-state index in [2.05, 4.69) is 16.9 Å². The summed E-state index contributed by atoms with van der Waals surface area (Å²) in [5.41, 5.74) is 2.02. The minimum absolute atomic E-state index is 0.228. The number of carbonyl (C=O) groups is 1. The molecule has 0 radical (unpaired) electrons. The first-order valence-corrected chi connectivity index (χ1v) is 13.3. The van der Waals surface area contributed by atoms with Crippen molar-refractivity contribution in [2.24, 2.45) is 5.41 Å². The Bertz CT molecular complexity index is 1550. The number of ether oxygens (including phenoxy) is 2. The number of rotatable bonds is 10. The van der Waals surface area contributed by atoms with Crippen LogP contribution in [0.3, 0.4) is 0 Å². The number of benzene rings is 2. The van der Waals surface area contributed by atoms with Gasteiger partial charge in [0.15, 0.2) is 11.2 Å². The molecule has 10 heteroatoms. The Morgan fingerprint density at radius 1 is 1.11 bits per heavy atom. The van der Waals surface area contributed by atoms with E-state index in [1.165, 1.54) is 6.33 Å². The van der Waals surface area contributed by atoms with Crippen LogP contribution < -0.4 is 9.47 Å². The summed E-state index contributed by atoms with van der Waals surface area (Å²) in [5, 5.41) is 10.5. The minimum atomic E-state index is -0.754. The molecule has 2 aliphatic carbocycles. The summed E-state index contributed by atoms with van der Waals surface area (Å²) < 4.78 is 14.0. The predicted octanol–water partition coefficient (Wildman–Crippen LogP) is 6.41. The molecule has 0 saturated heterocycles. The molecule has 0 amide bonds. The lowest BCUT2D eigenvalue weighted by Crippen LogP contribution is -2.17. The highest BCUT2D eigenvalue weighted by molar-refractivity contribution is 6.33. The number of carboxylic acids is 1. The van der Waals surface area contributed by atoms with E-state index in [9.17, 15) is 9.90 Å². The van der Waals surface area contributed by atoms with E-state index in [0.29, 0.717) is 76.6 Å². The molecule has 4 aromatic rings. The zero-order chi connectivity index (χ0) is 26.5. The SMILES string of the molecule is CC1(Oc2ncnc3c2nc(-c2ccc(OCCC4(C(=O)O)CC4)cc2Cl)n3Cc2cccc(Cl)c2)CC1. The summed E-state index contributed by atoms with van der Waals surface area (Å²) in [6.45, 7) is 2.83. The first kappa shape index (κ1) is 24.9. The number of hydrogen-bond acceptors (Lipinski definition) is 6. The Morgan fingerprint density at radius 3 is 2.61 bits per heavy atom. The molecule has 38 heavy (non-hydrogen) atoms. The zero-order valence-electron chi connectivity index (χ0n) is 20.8. The van der Waals surface area contributed by atoms with E-state index in [1.54, 1.807) is 6.07 Å². The van der Waals surface area contributed by atoms with E-state index in [4.69, 9.17) is 37.7 Å². The van der Waals surface area contributed by atoms with Gasteiger partial charge in [0.2, 0.25) is 5.88 Å². The maximum absolute atomic E-state index is 11.4. The molecule has 2 aromatic heterocycles. The quantitative estimate of drug-likeness (QED) is 0.242. The molecule has 2 aliphatic rings. The third kappa shape index (κ3) is 4.90. The molecule has 0 unspecified atom stereocenters.